The molecule has 20 heavy (non-hydrogen) atoms. The van der Waals surface area contributed by atoms with Crippen molar-refractivity contribution in [3.05, 3.63) is 34.3 Å². The molecule has 0 spiro atoms. The van der Waals surface area contributed by atoms with Crippen LogP contribution in [0.5, 0.6) is 0 Å². The molecule has 1 aromatic heterocycles. The molecule has 1 saturated carbocycles. The van der Waals surface area contributed by atoms with E-state index in [-0.39, 0.29) is 6.04 Å². The maximum Gasteiger partial charge on any atom is 0.417 e. The Kier molecular flexibility index (Phi) is 3.92. The number of rotatable bonds is 3. The minimum absolute atomic E-state index is 0.0303. The highest BCUT2D eigenvalue weighted by Gasteiger charge is 2.17. The zero-order valence-electron chi connectivity index (χ0n) is 11.7. The van der Waals surface area contributed by atoms with Crippen molar-refractivity contribution in [1.82, 2.24) is 4.98 Å². The molecule has 1 fully saturated rings. The first kappa shape index (κ1) is 13.4. The van der Waals surface area contributed by atoms with Gasteiger partial charge in [0, 0.05) is 6.04 Å². The second-order valence-corrected chi connectivity index (χ2v) is 5.97. The Balaban J connectivity index is 1.73. The van der Waals surface area contributed by atoms with Gasteiger partial charge in [-0.3, -0.25) is 4.98 Å². The maximum absolute atomic E-state index is 11.2. The van der Waals surface area contributed by atoms with Gasteiger partial charge in [0.05, 0.1) is 5.52 Å². The number of aromatic nitrogens is 1. The minimum atomic E-state index is -0.408. The van der Waals surface area contributed by atoms with Crippen LogP contribution < -0.4 is 11.5 Å². The van der Waals surface area contributed by atoms with E-state index in [1.807, 2.05) is 18.2 Å². The average molecular weight is 274 g/mol. The van der Waals surface area contributed by atoms with Crippen LogP contribution in [0.3, 0.4) is 0 Å². The molecule has 0 radical (unpaired) electrons. The van der Waals surface area contributed by atoms with Crippen LogP contribution in [0.1, 0.15) is 56.6 Å². The summed E-state index contributed by atoms with van der Waals surface area (Å²) >= 11 is 0. The first-order chi connectivity index (χ1) is 9.72. The third-order valence-electron chi connectivity index (χ3n) is 4.44. The van der Waals surface area contributed by atoms with Crippen molar-refractivity contribution < 1.29 is 4.42 Å². The van der Waals surface area contributed by atoms with Crippen LogP contribution in [0.2, 0.25) is 0 Å². The van der Waals surface area contributed by atoms with Crippen LogP contribution in [-0.4, -0.2) is 4.98 Å². The van der Waals surface area contributed by atoms with Crippen molar-refractivity contribution in [3.8, 4) is 0 Å². The van der Waals surface area contributed by atoms with Crippen LogP contribution in [0.15, 0.2) is 27.4 Å². The molecule has 1 aliphatic carbocycles. The summed E-state index contributed by atoms with van der Waals surface area (Å²) < 4.78 is 5.10. The molecule has 1 aromatic carbocycles. The first-order valence-corrected chi connectivity index (χ1v) is 7.61. The summed E-state index contributed by atoms with van der Waals surface area (Å²) in [5.41, 5.74) is 8.74. The van der Waals surface area contributed by atoms with Crippen LogP contribution in [0.4, 0.5) is 0 Å². The van der Waals surface area contributed by atoms with Crippen molar-refractivity contribution in [3.63, 3.8) is 0 Å². The molecule has 2 aromatic rings. The highest BCUT2D eigenvalue weighted by molar-refractivity contribution is 5.72. The number of fused-ring (bicyclic) bond motifs is 1. The second kappa shape index (κ2) is 5.83. The molecule has 1 aliphatic rings. The molecule has 0 bridgehead atoms. The molecule has 108 valence electrons. The Morgan fingerprint density at radius 1 is 1.25 bits per heavy atom. The average Bonchev–Trinajstić information content (AvgIpc) is 2.62. The van der Waals surface area contributed by atoms with E-state index in [1.54, 1.807) is 0 Å². The van der Waals surface area contributed by atoms with Gasteiger partial charge in [-0.05, 0) is 30.0 Å². The Hall–Kier alpha value is -1.55. The standard InChI is InChI=1S/C16H22N2O2/c17-13(9-11-5-3-1-2-4-6-11)12-7-8-14-15(10-12)20-16(19)18-14/h7-8,10-11,13H,1-6,9,17H2,(H,18,19). The van der Waals surface area contributed by atoms with Gasteiger partial charge in [-0.2, -0.15) is 0 Å². The Bertz CT molecular complexity index is 621. The summed E-state index contributed by atoms with van der Waals surface area (Å²) in [7, 11) is 0. The van der Waals surface area contributed by atoms with E-state index in [1.165, 1.54) is 38.5 Å². The van der Waals surface area contributed by atoms with E-state index in [9.17, 15) is 4.79 Å². The lowest BCUT2D eigenvalue weighted by molar-refractivity contribution is 0.393. The number of oxazole rings is 1. The monoisotopic (exact) mass is 274 g/mol. The molecule has 4 heteroatoms. The third kappa shape index (κ3) is 2.96. The van der Waals surface area contributed by atoms with Crippen molar-refractivity contribution in [1.29, 1.82) is 0 Å². The lowest BCUT2D eigenvalue weighted by Crippen LogP contribution is -2.15. The highest BCUT2D eigenvalue weighted by atomic mass is 16.4. The number of nitrogens with one attached hydrogen (secondary N) is 1. The number of hydrogen-bond acceptors (Lipinski definition) is 3. The number of H-pyrrole nitrogens is 1. The fourth-order valence-corrected chi connectivity index (χ4v) is 3.29. The number of benzene rings is 1. The molecule has 1 unspecified atom stereocenters. The van der Waals surface area contributed by atoms with Gasteiger partial charge in [0.25, 0.3) is 0 Å². The molecule has 0 amide bonds. The van der Waals surface area contributed by atoms with E-state index in [0.717, 1.165) is 23.4 Å². The molecule has 0 saturated heterocycles. The topological polar surface area (TPSA) is 72.0 Å². The predicted octanol–water partition coefficient (Wildman–Crippen LogP) is 3.48. The third-order valence-corrected chi connectivity index (χ3v) is 4.44. The van der Waals surface area contributed by atoms with E-state index in [4.69, 9.17) is 10.2 Å². The van der Waals surface area contributed by atoms with Gasteiger partial charge in [-0.1, -0.05) is 44.6 Å². The molecule has 4 nitrogen and oxygen atoms in total. The summed E-state index contributed by atoms with van der Waals surface area (Å²) in [6.45, 7) is 0. The maximum atomic E-state index is 11.2. The predicted molar refractivity (Wildman–Crippen MR) is 79.6 cm³/mol. The van der Waals surface area contributed by atoms with Crippen molar-refractivity contribution in [2.45, 2.75) is 51.0 Å². The van der Waals surface area contributed by atoms with Gasteiger partial charge < -0.3 is 10.2 Å². The van der Waals surface area contributed by atoms with Crippen LogP contribution in [-0.2, 0) is 0 Å². The van der Waals surface area contributed by atoms with E-state index >= 15 is 0 Å². The lowest BCUT2D eigenvalue weighted by atomic mass is 9.90. The Morgan fingerprint density at radius 3 is 2.75 bits per heavy atom. The fraction of sp³-hybridized carbons (Fsp3) is 0.562. The molecular formula is C16H22N2O2. The zero-order chi connectivity index (χ0) is 13.9. The van der Waals surface area contributed by atoms with Crippen molar-refractivity contribution in [2.75, 3.05) is 0 Å². The van der Waals surface area contributed by atoms with E-state index in [2.05, 4.69) is 4.98 Å². The fourth-order valence-electron chi connectivity index (χ4n) is 3.29. The van der Waals surface area contributed by atoms with Crippen LogP contribution in [0.25, 0.3) is 11.1 Å². The van der Waals surface area contributed by atoms with Gasteiger partial charge in [0.1, 0.15) is 0 Å². The minimum Gasteiger partial charge on any atom is -0.408 e. The van der Waals surface area contributed by atoms with E-state index in [0.29, 0.717) is 5.58 Å². The number of aromatic amines is 1. The van der Waals surface area contributed by atoms with Crippen molar-refractivity contribution >= 4 is 11.1 Å². The van der Waals surface area contributed by atoms with Gasteiger partial charge in [-0.25, -0.2) is 4.79 Å². The summed E-state index contributed by atoms with van der Waals surface area (Å²) in [6.07, 6.45) is 9.04. The summed E-state index contributed by atoms with van der Waals surface area (Å²) in [5, 5.41) is 0. The SMILES string of the molecule is NC(CC1CCCCCC1)c1ccc2[nH]c(=O)oc2c1. The van der Waals surface area contributed by atoms with Gasteiger partial charge >= 0.3 is 5.76 Å². The molecule has 1 heterocycles. The van der Waals surface area contributed by atoms with Gasteiger partial charge in [0.15, 0.2) is 5.58 Å². The van der Waals surface area contributed by atoms with E-state index < -0.39 is 5.76 Å². The summed E-state index contributed by atoms with van der Waals surface area (Å²) in [5.74, 6) is 0.330. The molecule has 3 N–H and O–H groups in total. The van der Waals surface area contributed by atoms with Crippen LogP contribution >= 0.6 is 0 Å². The molecular weight excluding hydrogens is 252 g/mol. The number of nitrogens with two attached hydrogens (primary N) is 1. The first-order valence-electron chi connectivity index (χ1n) is 7.61. The smallest absolute Gasteiger partial charge is 0.408 e. The van der Waals surface area contributed by atoms with Gasteiger partial charge in [0.2, 0.25) is 0 Å². The largest absolute Gasteiger partial charge is 0.417 e. The normalized spacial score (nSPS) is 19.1. The highest BCUT2D eigenvalue weighted by Crippen LogP contribution is 2.30. The molecule has 3 rings (SSSR count). The second-order valence-electron chi connectivity index (χ2n) is 5.97. The zero-order valence-corrected chi connectivity index (χ0v) is 11.7. The Morgan fingerprint density at radius 2 is 2.00 bits per heavy atom. The Labute approximate surface area is 118 Å². The summed E-state index contributed by atoms with van der Waals surface area (Å²) in [4.78, 5) is 13.8. The number of hydrogen-bond donors (Lipinski definition) is 2. The summed E-state index contributed by atoms with van der Waals surface area (Å²) in [6, 6.07) is 5.80. The van der Waals surface area contributed by atoms with Crippen LogP contribution in [0, 0.1) is 5.92 Å². The lowest BCUT2D eigenvalue weighted by Gasteiger charge is -2.19. The quantitative estimate of drug-likeness (QED) is 0.842. The van der Waals surface area contributed by atoms with Gasteiger partial charge in [-0.15, -0.1) is 0 Å². The molecule has 0 aliphatic heterocycles. The molecule has 1 atom stereocenters. The van der Waals surface area contributed by atoms with Crippen molar-refractivity contribution in [2.24, 2.45) is 11.7 Å².